The highest BCUT2D eigenvalue weighted by atomic mass is 16.5. The highest BCUT2D eigenvalue weighted by Crippen LogP contribution is 2.26. The van der Waals surface area contributed by atoms with E-state index < -0.39 is 0 Å². The Morgan fingerprint density at radius 2 is 1.81 bits per heavy atom. The van der Waals surface area contributed by atoms with E-state index in [2.05, 4.69) is 52.8 Å². The van der Waals surface area contributed by atoms with Crippen molar-refractivity contribution in [3.05, 3.63) is 35.4 Å². The van der Waals surface area contributed by atoms with Crippen LogP contribution < -0.4 is 9.64 Å². The predicted molar refractivity (Wildman–Crippen MR) is 103 cm³/mol. The smallest absolute Gasteiger partial charge is 0.233 e. The zero-order chi connectivity index (χ0) is 18.7. The maximum Gasteiger partial charge on any atom is 0.233 e. The summed E-state index contributed by atoms with van der Waals surface area (Å²) in [5, 5.41) is 8.50. The number of aryl methyl sites for hydroxylation is 1. The quantitative estimate of drug-likeness (QED) is 0.837. The first kappa shape index (κ1) is 18.5. The van der Waals surface area contributed by atoms with Crippen molar-refractivity contribution in [2.75, 3.05) is 24.6 Å². The Morgan fingerprint density at radius 3 is 2.42 bits per heavy atom. The molecule has 0 saturated carbocycles. The number of hydrogen-bond acceptors (Lipinski definition) is 6. The summed E-state index contributed by atoms with van der Waals surface area (Å²) in [7, 11) is 0. The molecule has 1 saturated heterocycles. The van der Waals surface area contributed by atoms with Crippen LogP contribution in [0.5, 0.6) is 5.88 Å². The summed E-state index contributed by atoms with van der Waals surface area (Å²) in [4.78, 5) is 11.1. The normalized spacial score (nSPS) is 16.0. The molecule has 0 aromatic carbocycles. The molecular weight excluding hydrogens is 326 g/mol. The molecule has 1 fully saturated rings. The van der Waals surface area contributed by atoms with E-state index in [4.69, 9.17) is 4.74 Å². The monoisotopic (exact) mass is 355 g/mol. The summed E-state index contributed by atoms with van der Waals surface area (Å²) in [5.41, 5.74) is 3.22. The van der Waals surface area contributed by atoms with E-state index in [0.29, 0.717) is 18.4 Å². The van der Waals surface area contributed by atoms with Crippen LogP contribution in [0.3, 0.4) is 0 Å². The average Bonchev–Trinajstić information content (AvgIpc) is 2.62. The molecule has 3 heterocycles. The number of ether oxygens (including phenoxy) is 1. The first-order valence-electron chi connectivity index (χ1n) is 9.35. The van der Waals surface area contributed by atoms with Crippen LogP contribution in [0.1, 0.15) is 50.6 Å². The third kappa shape index (κ3) is 4.29. The van der Waals surface area contributed by atoms with Gasteiger partial charge in [-0.1, -0.05) is 20.8 Å². The van der Waals surface area contributed by atoms with Crippen molar-refractivity contribution in [2.45, 2.75) is 52.9 Å². The molecule has 2 aromatic rings. The fourth-order valence-electron chi connectivity index (χ4n) is 3.16. The molecule has 0 unspecified atom stereocenters. The van der Waals surface area contributed by atoms with Gasteiger partial charge in [0.15, 0.2) is 0 Å². The molecule has 140 valence electrons. The molecule has 26 heavy (non-hydrogen) atoms. The van der Waals surface area contributed by atoms with E-state index in [1.54, 1.807) is 6.33 Å². The Balaban J connectivity index is 1.51. The van der Waals surface area contributed by atoms with E-state index in [0.717, 1.165) is 43.1 Å². The second kappa shape index (κ2) is 7.56. The van der Waals surface area contributed by atoms with Crippen molar-refractivity contribution in [3.8, 4) is 5.88 Å². The molecule has 0 aliphatic carbocycles. The molecule has 6 nitrogen and oxygen atoms in total. The second-order valence-electron chi connectivity index (χ2n) is 8.16. The molecule has 1 aliphatic rings. The molecule has 0 atom stereocenters. The summed E-state index contributed by atoms with van der Waals surface area (Å²) in [6.07, 6.45) is 3.85. The SMILES string of the molecule is Cc1ncnc(N2CCC(COc3ccc(C(C)(C)C)nn3)CC2)c1C. The maximum absolute atomic E-state index is 5.88. The lowest BCUT2D eigenvalue weighted by molar-refractivity contribution is 0.213. The predicted octanol–water partition coefficient (Wildman–Crippen LogP) is 3.48. The van der Waals surface area contributed by atoms with Gasteiger partial charge in [-0.15, -0.1) is 5.10 Å². The van der Waals surface area contributed by atoms with Gasteiger partial charge in [-0.2, -0.15) is 5.10 Å². The van der Waals surface area contributed by atoms with Gasteiger partial charge in [-0.25, -0.2) is 9.97 Å². The van der Waals surface area contributed by atoms with Crippen molar-refractivity contribution in [3.63, 3.8) is 0 Å². The molecule has 2 aromatic heterocycles. The first-order valence-corrected chi connectivity index (χ1v) is 9.35. The lowest BCUT2D eigenvalue weighted by atomic mass is 9.92. The molecule has 0 spiro atoms. The fraction of sp³-hybridized carbons (Fsp3) is 0.600. The molecule has 0 amide bonds. The van der Waals surface area contributed by atoms with Crippen molar-refractivity contribution in [2.24, 2.45) is 5.92 Å². The Hall–Kier alpha value is -2.24. The van der Waals surface area contributed by atoms with Crippen LogP contribution in [0.15, 0.2) is 18.5 Å². The van der Waals surface area contributed by atoms with E-state index in [1.807, 2.05) is 19.1 Å². The summed E-state index contributed by atoms with van der Waals surface area (Å²) < 4.78 is 5.88. The van der Waals surface area contributed by atoms with Gasteiger partial charge in [0.1, 0.15) is 12.1 Å². The van der Waals surface area contributed by atoms with Gasteiger partial charge in [-0.05, 0) is 38.7 Å². The molecule has 6 heteroatoms. The van der Waals surface area contributed by atoms with E-state index in [9.17, 15) is 0 Å². The van der Waals surface area contributed by atoms with Crippen molar-refractivity contribution in [1.82, 2.24) is 20.2 Å². The summed E-state index contributed by atoms with van der Waals surface area (Å²) >= 11 is 0. The van der Waals surface area contributed by atoms with Crippen LogP contribution in [-0.2, 0) is 5.41 Å². The molecule has 3 rings (SSSR count). The Kier molecular flexibility index (Phi) is 5.39. The molecule has 0 radical (unpaired) electrons. The Bertz CT molecular complexity index is 731. The number of nitrogens with zero attached hydrogens (tertiary/aromatic N) is 5. The number of piperidine rings is 1. The summed E-state index contributed by atoms with van der Waals surface area (Å²) in [5.74, 6) is 2.22. The molecule has 1 aliphatic heterocycles. The molecule has 0 N–H and O–H groups in total. The van der Waals surface area contributed by atoms with Gasteiger partial charge in [-0.3, -0.25) is 0 Å². The zero-order valence-electron chi connectivity index (χ0n) is 16.5. The number of rotatable bonds is 4. The van der Waals surface area contributed by atoms with Gasteiger partial charge >= 0.3 is 0 Å². The van der Waals surface area contributed by atoms with E-state index in [-0.39, 0.29) is 5.41 Å². The largest absolute Gasteiger partial charge is 0.476 e. The van der Waals surface area contributed by atoms with Crippen LogP contribution in [0.2, 0.25) is 0 Å². The standard InChI is InChI=1S/C20H29N5O/c1-14-15(2)21-13-22-19(14)25-10-8-16(9-11-25)12-26-18-7-6-17(23-24-18)20(3,4)5/h6-7,13,16H,8-12H2,1-5H3. The van der Waals surface area contributed by atoms with Gasteiger partial charge < -0.3 is 9.64 Å². The van der Waals surface area contributed by atoms with Crippen molar-refractivity contribution >= 4 is 5.82 Å². The highest BCUT2D eigenvalue weighted by molar-refractivity contribution is 5.47. The molecule has 0 bridgehead atoms. The lowest BCUT2D eigenvalue weighted by Gasteiger charge is -2.33. The summed E-state index contributed by atoms with van der Waals surface area (Å²) in [6, 6.07) is 3.93. The van der Waals surface area contributed by atoms with Gasteiger partial charge in [0.25, 0.3) is 0 Å². The third-order valence-corrected chi connectivity index (χ3v) is 5.10. The Labute approximate surface area is 156 Å². The van der Waals surface area contributed by atoms with Crippen LogP contribution >= 0.6 is 0 Å². The maximum atomic E-state index is 5.88. The molecular formula is C20H29N5O. The van der Waals surface area contributed by atoms with E-state index in [1.165, 1.54) is 5.56 Å². The number of aromatic nitrogens is 4. The minimum Gasteiger partial charge on any atom is -0.476 e. The van der Waals surface area contributed by atoms with E-state index >= 15 is 0 Å². The van der Waals surface area contributed by atoms with Crippen LogP contribution in [0.25, 0.3) is 0 Å². The highest BCUT2D eigenvalue weighted by Gasteiger charge is 2.22. The summed E-state index contributed by atoms with van der Waals surface area (Å²) in [6.45, 7) is 13.2. The van der Waals surface area contributed by atoms with Gasteiger partial charge in [0.2, 0.25) is 5.88 Å². The minimum absolute atomic E-state index is 0.00976. The Morgan fingerprint density at radius 1 is 1.08 bits per heavy atom. The van der Waals surface area contributed by atoms with Gasteiger partial charge in [0.05, 0.1) is 12.3 Å². The third-order valence-electron chi connectivity index (χ3n) is 5.10. The fourth-order valence-corrected chi connectivity index (χ4v) is 3.16. The number of hydrogen-bond donors (Lipinski definition) is 0. The van der Waals surface area contributed by atoms with Gasteiger partial charge in [0, 0.05) is 35.8 Å². The minimum atomic E-state index is 0.00976. The zero-order valence-corrected chi connectivity index (χ0v) is 16.5. The topological polar surface area (TPSA) is 64.0 Å². The first-order chi connectivity index (χ1) is 12.3. The van der Waals surface area contributed by atoms with Crippen LogP contribution in [0.4, 0.5) is 5.82 Å². The second-order valence-corrected chi connectivity index (χ2v) is 8.16. The number of anilines is 1. The van der Waals surface area contributed by atoms with Crippen LogP contribution in [-0.4, -0.2) is 39.9 Å². The van der Waals surface area contributed by atoms with Crippen LogP contribution in [0, 0.1) is 19.8 Å². The average molecular weight is 355 g/mol. The van der Waals surface area contributed by atoms with Crippen molar-refractivity contribution < 1.29 is 4.74 Å². The lowest BCUT2D eigenvalue weighted by Crippen LogP contribution is -2.36. The van der Waals surface area contributed by atoms with Crippen molar-refractivity contribution in [1.29, 1.82) is 0 Å².